The molecular formula is C28H39ClN6O5. The standard InChI is InChI=1S/C28H38N6O5.ClH/c1-17(2)23-27(38)32-21(15-18-9-4-3-5-10-18)28-33-22(16-39-28)24(35)30-13-7-6-11-20(26(37)34-23)31-25(36)19-12-8-14-29-19;/h3-5,9-10,16-17,19-21,23,29H,6-8,11-15H2,1-2H3,(H,30,35)(H,31,36)(H,32,38)(H,34,37);1H/t19-,20+,21-,23+;/m1./s1. The summed E-state index contributed by atoms with van der Waals surface area (Å²) in [6, 6.07) is 6.89. The summed E-state index contributed by atoms with van der Waals surface area (Å²) in [6.45, 7) is 4.84. The molecule has 2 aromatic rings. The van der Waals surface area contributed by atoms with Crippen LogP contribution in [0.5, 0.6) is 0 Å². The Labute approximate surface area is 240 Å². The lowest BCUT2D eigenvalue weighted by Gasteiger charge is -2.27. The fraction of sp³-hybridized carbons (Fsp3) is 0.536. The number of nitrogens with one attached hydrogen (secondary N) is 5. The molecule has 4 atom stereocenters. The molecule has 0 unspecified atom stereocenters. The summed E-state index contributed by atoms with van der Waals surface area (Å²) in [5.41, 5.74) is 1.07. The quantitative estimate of drug-likeness (QED) is 0.365. The summed E-state index contributed by atoms with van der Waals surface area (Å²) in [5, 5.41) is 14.7. The van der Waals surface area contributed by atoms with Crippen LogP contribution >= 0.6 is 12.4 Å². The van der Waals surface area contributed by atoms with Crippen LogP contribution in [0.25, 0.3) is 0 Å². The molecule has 1 aromatic carbocycles. The summed E-state index contributed by atoms with van der Waals surface area (Å²) in [7, 11) is 0. The molecule has 40 heavy (non-hydrogen) atoms. The number of hydrogen-bond acceptors (Lipinski definition) is 7. The Bertz CT molecular complexity index is 1150. The van der Waals surface area contributed by atoms with Crippen molar-refractivity contribution in [2.24, 2.45) is 5.92 Å². The van der Waals surface area contributed by atoms with Gasteiger partial charge < -0.3 is 31.0 Å². The summed E-state index contributed by atoms with van der Waals surface area (Å²) in [4.78, 5) is 56.8. The van der Waals surface area contributed by atoms with Gasteiger partial charge in [-0.05, 0) is 50.1 Å². The van der Waals surface area contributed by atoms with Crippen molar-refractivity contribution < 1.29 is 23.6 Å². The zero-order chi connectivity index (χ0) is 27.8. The first-order valence-electron chi connectivity index (χ1n) is 13.7. The zero-order valence-electron chi connectivity index (χ0n) is 22.9. The number of benzene rings is 1. The lowest BCUT2D eigenvalue weighted by atomic mass is 10.00. The molecule has 12 heteroatoms. The highest BCUT2D eigenvalue weighted by atomic mass is 35.5. The van der Waals surface area contributed by atoms with E-state index in [0.717, 1.165) is 18.5 Å². The van der Waals surface area contributed by atoms with Gasteiger partial charge in [-0.15, -0.1) is 12.4 Å². The van der Waals surface area contributed by atoms with E-state index < -0.39 is 29.9 Å². The van der Waals surface area contributed by atoms with Crippen molar-refractivity contribution in [3.63, 3.8) is 0 Å². The molecule has 4 rings (SSSR count). The van der Waals surface area contributed by atoms with Gasteiger partial charge in [0.2, 0.25) is 23.6 Å². The van der Waals surface area contributed by atoms with Gasteiger partial charge in [0.1, 0.15) is 24.4 Å². The minimum atomic E-state index is -0.856. The van der Waals surface area contributed by atoms with Crippen molar-refractivity contribution in [1.82, 2.24) is 31.6 Å². The van der Waals surface area contributed by atoms with E-state index in [2.05, 4.69) is 31.6 Å². The maximum Gasteiger partial charge on any atom is 0.273 e. The number of halogens is 1. The lowest BCUT2D eigenvalue weighted by molar-refractivity contribution is -0.133. The predicted octanol–water partition coefficient (Wildman–Crippen LogP) is 1.79. The Hall–Kier alpha value is -3.44. The monoisotopic (exact) mass is 574 g/mol. The van der Waals surface area contributed by atoms with E-state index in [0.29, 0.717) is 38.6 Å². The fourth-order valence-electron chi connectivity index (χ4n) is 4.87. The molecule has 0 saturated carbocycles. The second-order valence-corrected chi connectivity index (χ2v) is 10.5. The molecule has 0 radical (unpaired) electrons. The molecule has 2 aliphatic heterocycles. The van der Waals surface area contributed by atoms with Crippen molar-refractivity contribution in [3.05, 3.63) is 53.7 Å². The van der Waals surface area contributed by atoms with Crippen LogP contribution in [0.4, 0.5) is 0 Å². The third-order valence-corrected chi connectivity index (χ3v) is 7.11. The highest BCUT2D eigenvalue weighted by molar-refractivity contribution is 5.93. The molecule has 1 saturated heterocycles. The van der Waals surface area contributed by atoms with Crippen molar-refractivity contribution in [1.29, 1.82) is 0 Å². The first-order chi connectivity index (χ1) is 18.8. The highest BCUT2D eigenvalue weighted by Crippen LogP contribution is 2.20. The SMILES string of the molecule is CC(C)[C@@H]1NC(=O)[C@@H](NC(=O)[C@H]2CCCN2)CCCCNC(=O)c2coc(n2)[C@@H](Cc2ccccc2)NC1=O.Cl. The maximum absolute atomic E-state index is 13.5. The molecule has 0 aliphatic carbocycles. The van der Waals surface area contributed by atoms with E-state index in [4.69, 9.17) is 4.42 Å². The average molecular weight is 575 g/mol. The van der Waals surface area contributed by atoms with Crippen LogP contribution < -0.4 is 26.6 Å². The number of nitrogens with zero attached hydrogens (tertiary/aromatic N) is 1. The molecule has 4 amide bonds. The third kappa shape index (κ3) is 8.28. The molecule has 218 valence electrons. The summed E-state index contributed by atoms with van der Waals surface area (Å²) in [5.74, 6) is -1.45. The first-order valence-corrected chi connectivity index (χ1v) is 13.7. The molecule has 1 fully saturated rings. The van der Waals surface area contributed by atoms with E-state index in [1.165, 1.54) is 6.26 Å². The normalized spacial score (nSPS) is 24.4. The van der Waals surface area contributed by atoms with Crippen LogP contribution in [0.15, 0.2) is 41.0 Å². The number of carbonyl (C=O) groups is 4. The molecule has 11 nitrogen and oxygen atoms in total. The van der Waals surface area contributed by atoms with E-state index in [1.807, 2.05) is 44.2 Å². The van der Waals surface area contributed by atoms with Crippen molar-refractivity contribution in [2.75, 3.05) is 13.1 Å². The molecular weight excluding hydrogens is 536 g/mol. The summed E-state index contributed by atoms with van der Waals surface area (Å²) in [6.07, 6.45) is 4.84. The third-order valence-electron chi connectivity index (χ3n) is 7.11. The van der Waals surface area contributed by atoms with Gasteiger partial charge in [0.15, 0.2) is 5.69 Å². The molecule has 2 bridgehead atoms. The van der Waals surface area contributed by atoms with Gasteiger partial charge in [-0.25, -0.2) is 4.98 Å². The number of amides is 4. The minimum absolute atomic E-state index is 0. The molecule has 5 N–H and O–H groups in total. The molecule has 1 aromatic heterocycles. The largest absolute Gasteiger partial charge is 0.446 e. The zero-order valence-corrected chi connectivity index (χ0v) is 23.7. The van der Waals surface area contributed by atoms with E-state index >= 15 is 0 Å². The number of aromatic nitrogens is 1. The van der Waals surface area contributed by atoms with E-state index in [9.17, 15) is 19.2 Å². The molecule has 2 aliphatic rings. The Balaban J connectivity index is 0.00000441. The van der Waals surface area contributed by atoms with Gasteiger partial charge in [-0.2, -0.15) is 0 Å². The lowest BCUT2D eigenvalue weighted by Crippen LogP contribution is -2.57. The first kappa shape index (κ1) is 31.1. The fourth-order valence-corrected chi connectivity index (χ4v) is 4.87. The number of carbonyl (C=O) groups excluding carboxylic acids is 4. The number of fused-ring (bicyclic) bond motifs is 2. The van der Waals surface area contributed by atoms with Gasteiger partial charge >= 0.3 is 0 Å². The van der Waals surface area contributed by atoms with E-state index in [1.54, 1.807) is 0 Å². The second kappa shape index (κ2) is 14.8. The number of oxazole rings is 1. The van der Waals surface area contributed by atoms with Crippen molar-refractivity contribution >= 4 is 36.0 Å². The topological polar surface area (TPSA) is 154 Å². The van der Waals surface area contributed by atoms with Crippen LogP contribution in [0.1, 0.15) is 73.9 Å². The van der Waals surface area contributed by atoms with Gasteiger partial charge in [0.25, 0.3) is 5.91 Å². The minimum Gasteiger partial charge on any atom is -0.446 e. The molecule has 0 spiro atoms. The highest BCUT2D eigenvalue weighted by Gasteiger charge is 2.33. The smallest absolute Gasteiger partial charge is 0.273 e. The Morgan fingerprint density at radius 1 is 1.02 bits per heavy atom. The van der Waals surface area contributed by atoms with Crippen molar-refractivity contribution in [2.45, 2.75) is 76.5 Å². The summed E-state index contributed by atoms with van der Waals surface area (Å²) < 4.78 is 5.64. The van der Waals surface area contributed by atoms with Crippen LogP contribution in [-0.2, 0) is 20.8 Å². The van der Waals surface area contributed by atoms with Gasteiger partial charge in [0.05, 0.1) is 6.04 Å². The van der Waals surface area contributed by atoms with Gasteiger partial charge in [0, 0.05) is 13.0 Å². The Kier molecular flexibility index (Phi) is 11.5. The average Bonchev–Trinajstić information content (AvgIpc) is 3.63. The number of rotatable bonds is 5. The van der Waals surface area contributed by atoms with Crippen LogP contribution in [0.2, 0.25) is 0 Å². The summed E-state index contributed by atoms with van der Waals surface area (Å²) >= 11 is 0. The van der Waals surface area contributed by atoms with E-state index in [-0.39, 0.29) is 47.8 Å². The van der Waals surface area contributed by atoms with Gasteiger partial charge in [-0.1, -0.05) is 44.2 Å². The Morgan fingerprint density at radius 3 is 2.50 bits per heavy atom. The Morgan fingerprint density at radius 2 is 1.80 bits per heavy atom. The number of hydrogen-bond donors (Lipinski definition) is 5. The van der Waals surface area contributed by atoms with Gasteiger partial charge in [-0.3, -0.25) is 19.2 Å². The maximum atomic E-state index is 13.5. The second-order valence-electron chi connectivity index (χ2n) is 10.5. The van der Waals surface area contributed by atoms with Crippen LogP contribution in [0, 0.1) is 5.92 Å². The predicted molar refractivity (Wildman–Crippen MR) is 151 cm³/mol. The van der Waals surface area contributed by atoms with Crippen molar-refractivity contribution in [3.8, 4) is 0 Å². The molecule has 3 heterocycles. The van der Waals surface area contributed by atoms with Crippen LogP contribution in [0.3, 0.4) is 0 Å². The van der Waals surface area contributed by atoms with Crippen LogP contribution in [-0.4, -0.2) is 59.8 Å².